The molecule has 0 saturated carbocycles. The van der Waals surface area contributed by atoms with Gasteiger partial charge in [0.15, 0.2) is 0 Å². The van der Waals surface area contributed by atoms with Gasteiger partial charge in [-0.15, -0.1) is 0 Å². The topological polar surface area (TPSA) is 83.9 Å². The molecule has 1 unspecified atom stereocenters. The van der Waals surface area contributed by atoms with Crippen molar-refractivity contribution in [1.29, 1.82) is 0 Å². The van der Waals surface area contributed by atoms with Crippen molar-refractivity contribution in [2.24, 2.45) is 5.92 Å². The van der Waals surface area contributed by atoms with E-state index in [1.807, 2.05) is 0 Å². The second-order valence-electron chi connectivity index (χ2n) is 8.08. The van der Waals surface area contributed by atoms with Crippen molar-refractivity contribution in [3.05, 3.63) is 88.2 Å². The van der Waals surface area contributed by atoms with E-state index in [1.54, 1.807) is 0 Å². The van der Waals surface area contributed by atoms with E-state index >= 15 is 0 Å². The van der Waals surface area contributed by atoms with Crippen molar-refractivity contribution in [2.45, 2.75) is 24.1 Å². The van der Waals surface area contributed by atoms with Gasteiger partial charge in [0.2, 0.25) is 0 Å². The Morgan fingerprint density at radius 1 is 1.11 bits per heavy atom. The lowest BCUT2D eigenvalue weighted by Gasteiger charge is -2.34. The van der Waals surface area contributed by atoms with Gasteiger partial charge in [-0.1, -0.05) is 29.8 Å². The molecule has 1 atom stereocenters. The predicted molar refractivity (Wildman–Crippen MR) is 123 cm³/mol. The minimum atomic E-state index is -4.77. The highest BCUT2D eigenvalue weighted by molar-refractivity contribution is 7.92. The van der Waals surface area contributed by atoms with Crippen LogP contribution < -0.4 is 9.04 Å². The minimum absolute atomic E-state index is 0.00129. The number of carboxylic acid groups (broad SMARTS) is 1. The number of benzene rings is 3. The third-order valence-electron chi connectivity index (χ3n) is 5.72. The summed E-state index contributed by atoms with van der Waals surface area (Å²) in [4.78, 5) is 11.1. The minimum Gasteiger partial charge on any atom is -0.489 e. The standard InChI is InChI=1S/C24H18ClF4NO5S/c25-20-5-2-6-21(26)19(20)13-35-17-8-7-14-9-15(23(31)32)12-30(22(14)11-17)36(33,34)18-4-1-3-16(10-18)24(27,28)29/h1-8,10-11,15H,9,12-13H2,(H,31,32). The van der Waals surface area contributed by atoms with E-state index in [2.05, 4.69) is 0 Å². The first-order valence-corrected chi connectivity index (χ1v) is 12.3. The number of rotatable bonds is 6. The number of sulfonamides is 1. The molecule has 1 heterocycles. The van der Waals surface area contributed by atoms with Crippen LogP contribution in [-0.2, 0) is 34.0 Å². The van der Waals surface area contributed by atoms with Crippen LogP contribution in [-0.4, -0.2) is 26.0 Å². The Labute approximate surface area is 208 Å². The van der Waals surface area contributed by atoms with E-state index in [0.29, 0.717) is 11.6 Å². The van der Waals surface area contributed by atoms with Gasteiger partial charge >= 0.3 is 12.1 Å². The third kappa shape index (κ3) is 5.12. The fourth-order valence-corrected chi connectivity index (χ4v) is 5.65. The highest BCUT2D eigenvalue weighted by Gasteiger charge is 2.38. The highest BCUT2D eigenvalue weighted by Crippen LogP contribution is 2.38. The molecular weight excluding hydrogens is 526 g/mol. The Bertz CT molecular complexity index is 1410. The second-order valence-corrected chi connectivity index (χ2v) is 10.3. The van der Waals surface area contributed by atoms with Gasteiger partial charge in [0, 0.05) is 18.2 Å². The maximum atomic E-state index is 14.1. The van der Waals surface area contributed by atoms with Gasteiger partial charge in [-0.2, -0.15) is 13.2 Å². The number of ether oxygens (including phenoxy) is 1. The fraction of sp³-hybridized carbons (Fsp3) is 0.208. The van der Waals surface area contributed by atoms with Gasteiger partial charge in [-0.3, -0.25) is 9.10 Å². The van der Waals surface area contributed by atoms with Gasteiger partial charge in [0.05, 0.1) is 27.1 Å². The highest BCUT2D eigenvalue weighted by atomic mass is 35.5. The normalized spacial score (nSPS) is 15.9. The summed E-state index contributed by atoms with van der Waals surface area (Å²) in [6.45, 7) is -0.772. The van der Waals surface area contributed by atoms with E-state index in [9.17, 15) is 35.9 Å². The first-order chi connectivity index (χ1) is 16.9. The van der Waals surface area contributed by atoms with E-state index in [1.165, 1.54) is 36.4 Å². The molecule has 6 nitrogen and oxygen atoms in total. The van der Waals surface area contributed by atoms with Crippen LogP contribution >= 0.6 is 11.6 Å². The van der Waals surface area contributed by atoms with E-state index in [-0.39, 0.29) is 35.1 Å². The van der Waals surface area contributed by atoms with Crippen molar-refractivity contribution in [1.82, 2.24) is 0 Å². The van der Waals surface area contributed by atoms with Crippen LogP contribution in [0.3, 0.4) is 0 Å². The average Bonchev–Trinajstić information content (AvgIpc) is 2.82. The second kappa shape index (κ2) is 9.62. The molecule has 0 aliphatic carbocycles. The van der Waals surface area contributed by atoms with Crippen LogP contribution in [0.1, 0.15) is 16.7 Å². The first-order valence-electron chi connectivity index (χ1n) is 10.5. The van der Waals surface area contributed by atoms with Crippen molar-refractivity contribution in [3.63, 3.8) is 0 Å². The molecule has 1 N–H and O–H groups in total. The smallest absolute Gasteiger partial charge is 0.416 e. The van der Waals surface area contributed by atoms with Crippen molar-refractivity contribution >= 4 is 33.3 Å². The zero-order chi connectivity index (χ0) is 26.3. The number of hydrogen-bond acceptors (Lipinski definition) is 4. The number of aliphatic carboxylic acids is 1. The average molecular weight is 544 g/mol. The molecule has 3 aromatic rings. The first kappa shape index (κ1) is 25.8. The number of carboxylic acids is 1. The van der Waals surface area contributed by atoms with Crippen molar-refractivity contribution in [2.75, 3.05) is 10.8 Å². The van der Waals surface area contributed by atoms with Crippen LogP contribution in [0.25, 0.3) is 0 Å². The molecule has 1 aliphatic heterocycles. The molecule has 3 aromatic carbocycles. The van der Waals surface area contributed by atoms with Gasteiger partial charge < -0.3 is 9.84 Å². The molecule has 190 valence electrons. The summed E-state index contributed by atoms with van der Waals surface area (Å²) < 4.78 is 86.9. The van der Waals surface area contributed by atoms with Crippen LogP contribution in [0, 0.1) is 11.7 Å². The molecule has 0 radical (unpaired) electrons. The van der Waals surface area contributed by atoms with Crippen LogP contribution in [0.15, 0.2) is 65.6 Å². The van der Waals surface area contributed by atoms with Crippen molar-refractivity contribution in [3.8, 4) is 5.75 Å². The van der Waals surface area contributed by atoms with Crippen LogP contribution in [0.4, 0.5) is 23.2 Å². The van der Waals surface area contributed by atoms with E-state index < -0.39 is 50.9 Å². The molecule has 1 aliphatic rings. The Balaban J connectivity index is 1.73. The molecule has 0 aromatic heterocycles. The lowest BCUT2D eigenvalue weighted by Crippen LogP contribution is -2.42. The Hall–Kier alpha value is -3.31. The fourth-order valence-electron chi connectivity index (χ4n) is 3.85. The van der Waals surface area contributed by atoms with Crippen molar-refractivity contribution < 1.29 is 40.6 Å². The monoisotopic (exact) mass is 543 g/mol. The molecule has 36 heavy (non-hydrogen) atoms. The number of alkyl halides is 3. The number of carbonyl (C=O) groups is 1. The van der Waals surface area contributed by atoms with Crippen LogP contribution in [0.5, 0.6) is 5.75 Å². The molecule has 0 amide bonds. The molecule has 0 fully saturated rings. The molecule has 0 bridgehead atoms. The zero-order valence-corrected chi connectivity index (χ0v) is 19.9. The largest absolute Gasteiger partial charge is 0.489 e. The molecule has 12 heteroatoms. The molecule has 0 spiro atoms. The number of fused-ring (bicyclic) bond motifs is 1. The van der Waals surface area contributed by atoms with E-state index in [0.717, 1.165) is 22.5 Å². The summed E-state index contributed by atoms with van der Waals surface area (Å²) in [6, 6.07) is 11.6. The Morgan fingerprint density at radius 2 is 1.83 bits per heavy atom. The van der Waals surface area contributed by atoms with E-state index in [4.69, 9.17) is 16.3 Å². The zero-order valence-electron chi connectivity index (χ0n) is 18.3. The molecular formula is C24H18ClF4NO5S. The van der Waals surface area contributed by atoms with Gasteiger partial charge in [0.25, 0.3) is 10.0 Å². The Kier molecular flexibility index (Phi) is 6.89. The Morgan fingerprint density at radius 3 is 2.50 bits per heavy atom. The summed E-state index contributed by atoms with van der Waals surface area (Å²) in [5.41, 5.74) is -0.673. The number of anilines is 1. The summed E-state index contributed by atoms with van der Waals surface area (Å²) in [6.07, 6.45) is -4.78. The lowest BCUT2D eigenvalue weighted by atomic mass is 9.94. The number of nitrogens with zero attached hydrogens (tertiary/aromatic N) is 1. The summed E-state index contributed by atoms with van der Waals surface area (Å²) >= 11 is 6.01. The maximum Gasteiger partial charge on any atom is 0.416 e. The predicted octanol–water partition coefficient (Wildman–Crippen LogP) is 5.53. The summed E-state index contributed by atoms with van der Waals surface area (Å²) in [7, 11) is -4.59. The maximum absolute atomic E-state index is 14.1. The van der Waals surface area contributed by atoms with Gasteiger partial charge in [0.1, 0.15) is 18.2 Å². The molecule has 0 saturated heterocycles. The van der Waals surface area contributed by atoms with Gasteiger partial charge in [-0.25, -0.2) is 12.8 Å². The summed E-state index contributed by atoms with van der Waals surface area (Å²) in [5.74, 6) is -2.84. The molecule has 4 rings (SSSR count). The number of halogens is 5. The van der Waals surface area contributed by atoms with Crippen LogP contribution in [0.2, 0.25) is 5.02 Å². The quantitative estimate of drug-likeness (QED) is 0.413. The lowest BCUT2D eigenvalue weighted by molar-refractivity contribution is -0.141. The number of hydrogen-bond donors (Lipinski definition) is 1. The SMILES string of the molecule is O=C(O)C1Cc2ccc(OCc3c(F)cccc3Cl)cc2N(S(=O)(=O)c2cccc(C(F)(F)F)c2)C1. The van der Waals surface area contributed by atoms with Gasteiger partial charge in [-0.05, 0) is 48.4 Å². The third-order valence-corrected chi connectivity index (χ3v) is 7.85. The summed E-state index contributed by atoms with van der Waals surface area (Å²) in [5, 5.41) is 9.67.